The highest BCUT2D eigenvalue weighted by Gasteiger charge is 2.43. The lowest BCUT2D eigenvalue weighted by Gasteiger charge is -2.24. The second-order valence-corrected chi connectivity index (χ2v) is 10.1. The topological polar surface area (TPSA) is 77.9 Å². The molecule has 6 nitrogen and oxygen atoms in total. The highest BCUT2D eigenvalue weighted by molar-refractivity contribution is 9.10. The maximum atomic E-state index is 13.1. The second-order valence-electron chi connectivity index (χ2n) is 7.25. The van der Waals surface area contributed by atoms with Crippen LogP contribution in [0.5, 0.6) is 0 Å². The molecule has 1 amide bonds. The SMILES string of the molecule is CC(C1CC1)N1Cc2cc(Br)cc(S(=O)(=O)N3CCC(O)C3)c2C1=O. The fraction of sp³-hybridized carbons (Fsp3) is 0.588. The highest BCUT2D eigenvalue weighted by atomic mass is 79.9. The van der Waals surface area contributed by atoms with Crippen molar-refractivity contribution in [3.05, 3.63) is 27.7 Å². The molecule has 2 aliphatic heterocycles. The number of aliphatic hydroxyl groups excluding tert-OH is 1. The third-order valence-electron chi connectivity index (χ3n) is 5.50. The van der Waals surface area contributed by atoms with E-state index in [4.69, 9.17) is 0 Å². The molecular formula is C17H21BrN2O4S. The van der Waals surface area contributed by atoms with E-state index in [1.165, 1.54) is 10.4 Å². The van der Waals surface area contributed by atoms with Crippen molar-refractivity contribution in [1.29, 1.82) is 0 Å². The smallest absolute Gasteiger partial charge is 0.256 e. The number of nitrogens with zero attached hydrogens (tertiary/aromatic N) is 2. The average molecular weight is 429 g/mol. The maximum absolute atomic E-state index is 13.1. The van der Waals surface area contributed by atoms with Gasteiger partial charge in [0.15, 0.2) is 0 Å². The fourth-order valence-corrected chi connectivity index (χ4v) is 6.24. The summed E-state index contributed by atoms with van der Waals surface area (Å²) in [6.07, 6.45) is 2.04. The molecule has 2 atom stereocenters. The number of hydrogen-bond acceptors (Lipinski definition) is 4. The number of halogens is 1. The Hall–Kier alpha value is -0.960. The molecule has 0 bridgehead atoms. The number of β-amino-alcohol motifs (C(OH)–C–C–N with tert-alkyl or cyclic N) is 1. The third-order valence-corrected chi connectivity index (χ3v) is 7.85. The Morgan fingerprint density at radius 3 is 2.60 bits per heavy atom. The zero-order valence-electron chi connectivity index (χ0n) is 14.0. The molecule has 1 aliphatic carbocycles. The third kappa shape index (κ3) is 2.93. The van der Waals surface area contributed by atoms with Gasteiger partial charge in [0.25, 0.3) is 5.91 Å². The lowest BCUT2D eigenvalue weighted by atomic mass is 10.1. The Bertz CT molecular complexity index is 837. The molecular weight excluding hydrogens is 408 g/mol. The molecule has 1 aromatic carbocycles. The van der Waals surface area contributed by atoms with Gasteiger partial charge >= 0.3 is 0 Å². The first-order chi connectivity index (χ1) is 11.8. The first-order valence-corrected chi connectivity index (χ1v) is 10.8. The summed E-state index contributed by atoms with van der Waals surface area (Å²) in [7, 11) is -3.81. The van der Waals surface area contributed by atoms with Crippen molar-refractivity contribution in [3.63, 3.8) is 0 Å². The maximum Gasteiger partial charge on any atom is 0.256 e. The Labute approximate surface area is 156 Å². The number of rotatable bonds is 4. The predicted molar refractivity (Wildman–Crippen MR) is 95.6 cm³/mol. The van der Waals surface area contributed by atoms with E-state index in [9.17, 15) is 18.3 Å². The standard InChI is InChI=1S/C17H21BrN2O4S/c1-10(11-2-3-11)20-8-12-6-13(18)7-15(16(12)17(20)22)25(23,24)19-5-4-14(21)9-19/h6-7,10-11,14,21H,2-5,8-9H2,1H3. The minimum atomic E-state index is -3.81. The van der Waals surface area contributed by atoms with Crippen LogP contribution in [-0.2, 0) is 16.6 Å². The van der Waals surface area contributed by atoms with Gasteiger partial charge in [-0.3, -0.25) is 4.79 Å². The molecule has 1 saturated carbocycles. The Morgan fingerprint density at radius 1 is 1.28 bits per heavy atom. The molecule has 1 N–H and O–H groups in total. The van der Waals surface area contributed by atoms with Gasteiger partial charge in [-0.2, -0.15) is 4.31 Å². The van der Waals surface area contributed by atoms with Crippen LogP contribution >= 0.6 is 15.9 Å². The van der Waals surface area contributed by atoms with E-state index in [1.54, 1.807) is 4.90 Å². The van der Waals surface area contributed by atoms with Crippen LogP contribution in [0.25, 0.3) is 0 Å². The molecule has 0 spiro atoms. The van der Waals surface area contributed by atoms with Crippen molar-refractivity contribution in [2.45, 2.75) is 49.8 Å². The lowest BCUT2D eigenvalue weighted by Crippen LogP contribution is -2.35. The number of sulfonamides is 1. The minimum absolute atomic E-state index is 0.0569. The number of fused-ring (bicyclic) bond motifs is 1. The summed E-state index contributed by atoms with van der Waals surface area (Å²) in [5.74, 6) is 0.329. The summed E-state index contributed by atoms with van der Waals surface area (Å²) in [4.78, 5) is 14.9. The first-order valence-electron chi connectivity index (χ1n) is 8.60. The zero-order valence-corrected chi connectivity index (χ0v) is 16.4. The van der Waals surface area contributed by atoms with Crippen molar-refractivity contribution in [2.75, 3.05) is 13.1 Å². The molecule has 0 aromatic heterocycles. The minimum Gasteiger partial charge on any atom is -0.392 e. The van der Waals surface area contributed by atoms with Gasteiger partial charge in [-0.1, -0.05) is 15.9 Å². The molecule has 4 rings (SSSR count). The van der Waals surface area contributed by atoms with E-state index in [0.717, 1.165) is 18.4 Å². The lowest BCUT2D eigenvalue weighted by molar-refractivity contribution is 0.0694. The number of aliphatic hydroxyl groups is 1. The molecule has 1 aromatic rings. The van der Waals surface area contributed by atoms with Gasteiger partial charge in [-0.05, 0) is 49.8 Å². The van der Waals surface area contributed by atoms with Gasteiger partial charge < -0.3 is 10.0 Å². The van der Waals surface area contributed by atoms with Gasteiger partial charge in [0.05, 0.1) is 16.6 Å². The van der Waals surface area contributed by atoms with Gasteiger partial charge in [0.2, 0.25) is 10.0 Å². The molecule has 2 heterocycles. The Morgan fingerprint density at radius 2 is 2.00 bits per heavy atom. The number of hydrogen-bond donors (Lipinski definition) is 1. The van der Waals surface area contributed by atoms with E-state index in [0.29, 0.717) is 28.9 Å². The van der Waals surface area contributed by atoms with Crippen LogP contribution in [0.15, 0.2) is 21.5 Å². The largest absolute Gasteiger partial charge is 0.392 e. The molecule has 2 fully saturated rings. The number of amides is 1. The molecule has 25 heavy (non-hydrogen) atoms. The van der Waals surface area contributed by atoms with E-state index in [-0.39, 0.29) is 29.9 Å². The van der Waals surface area contributed by atoms with Crippen LogP contribution < -0.4 is 0 Å². The first kappa shape index (κ1) is 17.5. The number of carbonyl (C=O) groups is 1. The molecule has 2 unspecified atom stereocenters. The van der Waals surface area contributed by atoms with Crippen LogP contribution in [0, 0.1) is 5.92 Å². The Kier molecular flexibility index (Phi) is 4.22. The molecule has 136 valence electrons. The van der Waals surface area contributed by atoms with Crippen molar-refractivity contribution >= 4 is 31.9 Å². The summed E-state index contributed by atoms with van der Waals surface area (Å²) >= 11 is 3.38. The van der Waals surface area contributed by atoms with Crippen molar-refractivity contribution in [1.82, 2.24) is 9.21 Å². The van der Waals surface area contributed by atoms with E-state index in [1.807, 2.05) is 13.0 Å². The second kappa shape index (κ2) is 6.04. The summed E-state index contributed by atoms with van der Waals surface area (Å²) in [5, 5.41) is 9.70. The Balaban J connectivity index is 1.75. The molecule has 0 radical (unpaired) electrons. The van der Waals surface area contributed by atoms with Gasteiger partial charge in [0.1, 0.15) is 0 Å². The average Bonchev–Trinajstić information content (AvgIpc) is 3.23. The monoisotopic (exact) mass is 428 g/mol. The normalized spacial score (nSPS) is 25.5. The van der Waals surface area contributed by atoms with Crippen LogP contribution in [0.1, 0.15) is 42.1 Å². The quantitative estimate of drug-likeness (QED) is 0.794. The highest BCUT2D eigenvalue weighted by Crippen LogP contribution is 2.40. The van der Waals surface area contributed by atoms with Gasteiger partial charge in [-0.15, -0.1) is 0 Å². The van der Waals surface area contributed by atoms with E-state index >= 15 is 0 Å². The van der Waals surface area contributed by atoms with Crippen LogP contribution in [0.4, 0.5) is 0 Å². The summed E-state index contributed by atoms with van der Waals surface area (Å²) in [5.41, 5.74) is 1.06. The van der Waals surface area contributed by atoms with E-state index < -0.39 is 16.1 Å². The van der Waals surface area contributed by atoms with Gasteiger partial charge in [0, 0.05) is 30.1 Å². The van der Waals surface area contributed by atoms with Crippen LogP contribution in [-0.4, -0.2) is 53.9 Å². The van der Waals surface area contributed by atoms with Crippen molar-refractivity contribution in [2.24, 2.45) is 5.92 Å². The predicted octanol–water partition coefficient (Wildman–Crippen LogP) is 1.96. The van der Waals surface area contributed by atoms with Crippen LogP contribution in [0.3, 0.4) is 0 Å². The molecule has 3 aliphatic rings. The molecule has 1 saturated heterocycles. The summed E-state index contributed by atoms with van der Waals surface area (Å²) in [6.45, 7) is 2.86. The fourth-order valence-electron chi connectivity index (χ4n) is 3.84. The van der Waals surface area contributed by atoms with Gasteiger partial charge in [-0.25, -0.2) is 8.42 Å². The number of carbonyl (C=O) groups excluding carboxylic acids is 1. The van der Waals surface area contributed by atoms with Crippen LogP contribution in [0.2, 0.25) is 0 Å². The van der Waals surface area contributed by atoms with Crippen molar-refractivity contribution in [3.8, 4) is 0 Å². The number of benzene rings is 1. The zero-order chi connectivity index (χ0) is 17.9. The van der Waals surface area contributed by atoms with Crippen molar-refractivity contribution < 1.29 is 18.3 Å². The molecule has 8 heteroatoms. The summed E-state index contributed by atoms with van der Waals surface area (Å²) in [6, 6.07) is 3.48. The van der Waals surface area contributed by atoms with E-state index in [2.05, 4.69) is 15.9 Å². The summed E-state index contributed by atoms with van der Waals surface area (Å²) < 4.78 is 28.1.